The number of anilines is 1. The van der Waals surface area contributed by atoms with Crippen LogP contribution in [0.3, 0.4) is 0 Å². The van der Waals surface area contributed by atoms with Gasteiger partial charge in [0.15, 0.2) is 5.13 Å². The zero-order chi connectivity index (χ0) is 20.5. The Morgan fingerprint density at radius 2 is 1.97 bits per heavy atom. The summed E-state index contributed by atoms with van der Waals surface area (Å²) in [6.45, 7) is 4.31. The van der Waals surface area contributed by atoms with E-state index in [0.717, 1.165) is 11.6 Å². The number of thiazole rings is 1. The van der Waals surface area contributed by atoms with Crippen molar-refractivity contribution >= 4 is 28.3 Å². The fourth-order valence-corrected chi connectivity index (χ4v) is 4.60. The quantitative estimate of drug-likeness (QED) is 0.589. The monoisotopic (exact) mass is 423 g/mol. The Morgan fingerprint density at radius 3 is 2.69 bits per heavy atom. The summed E-state index contributed by atoms with van der Waals surface area (Å²) in [5.74, 6) is 0.0143. The van der Waals surface area contributed by atoms with Crippen molar-refractivity contribution in [2.75, 3.05) is 58.3 Å². The molecule has 1 aromatic heterocycles. The number of nitrogens with one attached hydrogen (secondary N) is 2. The van der Waals surface area contributed by atoms with Crippen molar-refractivity contribution in [3.05, 3.63) is 11.1 Å². The molecule has 2 amide bonds. The minimum Gasteiger partial charge on any atom is -0.385 e. The number of hydrogen-bond acceptors (Lipinski definition) is 7. The van der Waals surface area contributed by atoms with Gasteiger partial charge in [-0.3, -0.25) is 14.5 Å². The van der Waals surface area contributed by atoms with Gasteiger partial charge in [0.2, 0.25) is 5.91 Å². The van der Waals surface area contributed by atoms with Gasteiger partial charge in [-0.05, 0) is 19.3 Å². The highest BCUT2D eigenvalue weighted by atomic mass is 32.1. The van der Waals surface area contributed by atoms with E-state index in [-0.39, 0.29) is 11.8 Å². The van der Waals surface area contributed by atoms with Gasteiger partial charge in [0.1, 0.15) is 5.69 Å². The number of rotatable bonds is 9. The van der Waals surface area contributed by atoms with Crippen LogP contribution < -0.4 is 10.6 Å². The number of amides is 2. The zero-order valence-corrected chi connectivity index (χ0v) is 18.1. The molecule has 0 atom stereocenters. The van der Waals surface area contributed by atoms with Crippen molar-refractivity contribution in [3.8, 4) is 0 Å². The minimum atomic E-state index is -0.0124. The van der Waals surface area contributed by atoms with E-state index in [2.05, 4.69) is 20.5 Å². The van der Waals surface area contributed by atoms with Crippen molar-refractivity contribution in [2.24, 2.45) is 0 Å². The molecule has 2 aliphatic rings. The maximum Gasteiger partial charge on any atom is 0.273 e. The van der Waals surface area contributed by atoms with E-state index >= 15 is 0 Å². The van der Waals surface area contributed by atoms with Gasteiger partial charge in [0.05, 0.1) is 6.54 Å². The van der Waals surface area contributed by atoms with Gasteiger partial charge in [0.25, 0.3) is 5.91 Å². The van der Waals surface area contributed by atoms with Crippen molar-refractivity contribution in [1.29, 1.82) is 0 Å². The first kappa shape index (κ1) is 22.0. The Balaban J connectivity index is 1.39. The van der Waals surface area contributed by atoms with Crippen LogP contribution >= 0.6 is 11.3 Å². The number of nitrogens with zero attached hydrogens (tertiary/aromatic N) is 3. The Morgan fingerprint density at radius 1 is 1.21 bits per heavy atom. The molecule has 1 aliphatic carbocycles. The first-order chi connectivity index (χ1) is 14.2. The van der Waals surface area contributed by atoms with Crippen LogP contribution in [0.5, 0.6) is 0 Å². The van der Waals surface area contributed by atoms with Crippen LogP contribution in [0.25, 0.3) is 0 Å². The Bertz CT molecular complexity index is 654. The molecule has 8 nitrogen and oxygen atoms in total. The number of carbonyl (C=O) groups is 2. The van der Waals surface area contributed by atoms with Gasteiger partial charge in [-0.1, -0.05) is 19.3 Å². The topological polar surface area (TPSA) is 86.8 Å². The van der Waals surface area contributed by atoms with E-state index in [1.54, 1.807) is 7.11 Å². The summed E-state index contributed by atoms with van der Waals surface area (Å²) in [5, 5.41) is 9.10. The Hall–Kier alpha value is -1.71. The van der Waals surface area contributed by atoms with Gasteiger partial charge >= 0.3 is 0 Å². The molecular weight excluding hydrogens is 390 g/mol. The second kappa shape index (κ2) is 11.5. The average molecular weight is 424 g/mol. The largest absolute Gasteiger partial charge is 0.385 e. The van der Waals surface area contributed by atoms with Gasteiger partial charge in [-0.2, -0.15) is 0 Å². The molecule has 2 heterocycles. The van der Waals surface area contributed by atoms with Crippen LogP contribution in [0, 0.1) is 0 Å². The number of aromatic nitrogens is 1. The number of carbonyl (C=O) groups excluding carboxylic acids is 2. The van der Waals surface area contributed by atoms with Crippen LogP contribution in [0.4, 0.5) is 5.13 Å². The molecule has 0 radical (unpaired) electrons. The number of ether oxygens (including phenoxy) is 1. The summed E-state index contributed by atoms with van der Waals surface area (Å²) in [6, 6.07) is 0.488. The van der Waals surface area contributed by atoms with E-state index in [1.807, 2.05) is 10.3 Å². The van der Waals surface area contributed by atoms with E-state index in [9.17, 15) is 9.59 Å². The molecule has 3 rings (SSSR count). The van der Waals surface area contributed by atoms with Crippen LogP contribution in [-0.4, -0.2) is 85.6 Å². The Kier molecular flexibility index (Phi) is 8.69. The molecule has 1 saturated heterocycles. The Labute approximate surface area is 177 Å². The van der Waals surface area contributed by atoms with Gasteiger partial charge in [0, 0.05) is 57.9 Å². The summed E-state index contributed by atoms with van der Waals surface area (Å²) in [5.41, 5.74) is 0.526. The maximum absolute atomic E-state index is 12.8. The number of hydrogen-bond donors (Lipinski definition) is 2. The van der Waals surface area contributed by atoms with E-state index < -0.39 is 0 Å². The molecule has 29 heavy (non-hydrogen) atoms. The molecule has 162 valence electrons. The first-order valence-corrected chi connectivity index (χ1v) is 11.5. The third-order valence-corrected chi connectivity index (χ3v) is 6.30. The predicted molar refractivity (Wildman–Crippen MR) is 114 cm³/mol. The van der Waals surface area contributed by atoms with Gasteiger partial charge in [-0.15, -0.1) is 11.3 Å². The highest BCUT2D eigenvalue weighted by Crippen LogP contribution is 2.24. The molecule has 9 heteroatoms. The van der Waals surface area contributed by atoms with E-state index in [0.29, 0.717) is 57.6 Å². The highest BCUT2D eigenvalue weighted by molar-refractivity contribution is 7.13. The molecule has 1 aromatic rings. The maximum atomic E-state index is 12.8. The van der Waals surface area contributed by atoms with Crippen molar-refractivity contribution in [1.82, 2.24) is 20.1 Å². The van der Waals surface area contributed by atoms with Crippen molar-refractivity contribution in [2.45, 2.75) is 44.6 Å². The molecule has 0 bridgehead atoms. The molecule has 2 fully saturated rings. The van der Waals surface area contributed by atoms with Gasteiger partial charge < -0.3 is 20.3 Å². The molecule has 2 N–H and O–H groups in total. The summed E-state index contributed by atoms with van der Waals surface area (Å²) in [7, 11) is 1.66. The van der Waals surface area contributed by atoms with Crippen LogP contribution in [0.15, 0.2) is 5.38 Å². The second-order valence-corrected chi connectivity index (χ2v) is 8.64. The number of piperazine rings is 1. The molecule has 0 spiro atoms. The second-order valence-electron chi connectivity index (χ2n) is 7.78. The molecule has 0 unspecified atom stereocenters. The van der Waals surface area contributed by atoms with Crippen LogP contribution in [-0.2, 0) is 9.53 Å². The fraction of sp³-hybridized carbons (Fsp3) is 0.750. The lowest BCUT2D eigenvalue weighted by Crippen LogP contribution is -2.51. The molecular formula is C20H33N5O3S. The first-order valence-electron chi connectivity index (χ1n) is 10.6. The standard InChI is InChI=1S/C20H33N5O3S/c1-28-13-5-8-21-18(26)14-24-9-11-25(12-10-24)19(27)17-15-29-20(23-17)22-16-6-3-2-4-7-16/h15-16H,2-14H2,1H3,(H,21,26)(H,22,23). The van der Waals surface area contributed by atoms with Crippen LogP contribution in [0.2, 0.25) is 0 Å². The smallest absolute Gasteiger partial charge is 0.273 e. The molecule has 1 saturated carbocycles. The summed E-state index contributed by atoms with van der Waals surface area (Å²) < 4.78 is 4.98. The van der Waals surface area contributed by atoms with Crippen LogP contribution in [0.1, 0.15) is 49.0 Å². The molecule has 0 aromatic carbocycles. The van der Waals surface area contributed by atoms with E-state index in [1.165, 1.54) is 43.4 Å². The van der Waals surface area contributed by atoms with Crippen molar-refractivity contribution in [3.63, 3.8) is 0 Å². The summed E-state index contributed by atoms with van der Waals surface area (Å²) >= 11 is 1.51. The summed E-state index contributed by atoms with van der Waals surface area (Å²) in [4.78, 5) is 33.2. The van der Waals surface area contributed by atoms with Crippen molar-refractivity contribution < 1.29 is 14.3 Å². The lowest BCUT2D eigenvalue weighted by molar-refractivity contribution is -0.122. The average Bonchev–Trinajstić information content (AvgIpc) is 3.20. The third kappa shape index (κ3) is 6.94. The minimum absolute atomic E-state index is 0.0124. The highest BCUT2D eigenvalue weighted by Gasteiger charge is 2.25. The number of methoxy groups -OCH3 is 1. The third-order valence-electron chi connectivity index (χ3n) is 5.53. The SMILES string of the molecule is COCCCNC(=O)CN1CCN(C(=O)c2csc(NC3CCCCC3)n2)CC1. The fourth-order valence-electron chi connectivity index (χ4n) is 3.83. The lowest BCUT2D eigenvalue weighted by atomic mass is 9.96. The summed E-state index contributed by atoms with van der Waals surface area (Å²) in [6.07, 6.45) is 7.04. The van der Waals surface area contributed by atoms with E-state index in [4.69, 9.17) is 4.74 Å². The van der Waals surface area contributed by atoms with Gasteiger partial charge in [-0.25, -0.2) is 4.98 Å². The lowest BCUT2D eigenvalue weighted by Gasteiger charge is -2.34. The predicted octanol–water partition coefficient (Wildman–Crippen LogP) is 1.80. The zero-order valence-electron chi connectivity index (χ0n) is 17.3. The molecule has 1 aliphatic heterocycles. The normalized spacial score (nSPS) is 18.6.